The van der Waals surface area contributed by atoms with Crippen molar-refractivity contribution in [3.8, 4) is 17.1 Å². The molecule has 0 unspecified atom stereocenters. The van der Waals surface area contributed by atoms with E-state index < -0.39 is 0 Å². The molecule has 9 nitrogen and oxygen atoms in total. The molecule has 2 heterocycles. The molecule has 0 fully saturated rings. The number of methoxy groups -OCH3 is 1. The average molecular weight is 424 g/mol. The Morgan fingerprint density at radius 1 is 1.10 bits per heavy atom. The molecule has 0 spiro atoms. The van der Waals surface area contributed by atoms with Crippen molar-refractivity contribution in [3.63, 3.8) is 0 Å². The molecule has 2 aromatic carbocycles. The molecule has 30 heavy (non-hydrogen) atoms. The minimum atomic E-state index is -0.371. The molecule has 4 rings (SSSR count). The van der Waals surface area contributed by atoms with Crippen LogP contribution in [0.1, 0.15) is 21.9 Å². The minimum absolute atomic E-state index is 0.237. The van der Waals surface area contributed by atoms with Crippen molar-refractivity contribution in [2.24, 2.45) is 0 Å². The number of hydrogen-bond donors (Lipinski definition) is 1. The molecule has 0 atom stereocenters. The van der Waals surface area contributed by atoms with E-state index in [0.717, 1.165) is 5.69 Å². The maximum Gasteiger partial charge on any atom is 0.260 e. The highest BCUT2D eigenvalue weighted by atomic mass is 35.5. The summed E-state index contributed by atoms with van der Waals surface area (Å²) in [5, 5.41) is 19.0. The van der Waals surface area contributed by atoms with Crippen LogP contribution in [-0.2, 0) is 0 Å². The summed E-state index contributed by atoms with van der Waals surface area (Å²) in [7, 11) is 1.55. The molecular weight excluding hydrogens is 406 g/mol. The topological polar surface area (TPSA) is 99.8 Å². The molecular formula is C20H18ClN7O2. The van der Waals surface area contributed by atoms with E-state index in [2.05, 4.69) is 25.9 Å². The van der Waals surface area contributed by atoms with Crippen molar-refractivity contribution < 1.29 is 9.53 Å². The van der Waals surface area contributed by atoms with Crippen LogP contribution >= 0.6 is 11.6 Å². The summed E-state index contributed by atoms with van der Waals surface area (Å²) in [5.41, 5.74) is 2.72. The fourth-order valence-electron chi connectivity index (χ4n) is 3.08. The number of nitrogens with one attached hydrogen (secondary N) is 1. The number of hydrogen-bond acceptors (Lipinski definition) is 6. The Morgan fingerprint density at radius 2 is 1.87 bits per heavy atom. The van der Waals surface area contributed by atoms with Crippen LogP contribution < -0.4 is 10.1 Å². The largest absolute Gasteiger partial charge is 0.494 e. The predicted molar refractivity (Wildman–Crippen MR) is 112 cm³/mol. The normalized spacial score (nSPS) is 10.8. The van der Waals surface area contributed by atoms with E-state index in [1.165, 1.54) is 9.36 Å². The lowest BCUT2D eigenvalue weighted by Gasteiger charge is -2.12. The smallest absolute Gasteiger partial charge is 0.260 e. The molecule has 1 amide bonds. The number of halogens is 1. The molecule has 0 aliphatic carbocycles. The Labute approximate surface area is 177 Å². The van der Waals surface area contributed by atoms with Gasteiger partial charge in [-0.25, -0.2) is 4.68 Å². The Kier molecular flexibility index (Phi) is 5.20. The van der Waals surface area contributed by atoms with Crippen molar-refractivity contribution in [3.05, 3.63) is 70.8 Å². The highest BCUT2D eigenvalue weighted by molar-refractivity contribution is 6.34. The van der Waals surface area contributed by atoms with Crippen LogP contribution in [0.15, 0.2) is 48.5 Å². The molecule has 0 saturated carbocycles. The molecule has 10 heteroatoms. The van der Waals surface area contributed by atoms with E-state index in [-0.39, 0.29) is 11.1 Å². The summed E-state index contributed by atoms with van der Waals surface area (Å²) in [6.07, 6.45) is 0. The van der Waals surface area contributed by atoms with Crippen LogP contribution in [0, 0.1) is 13.8 Å². The number of carbonyl (C=O) groups excluding carboxylic acids is 1. The number of amides is 1. The molecule has 0 aliphatic heterocycles. The average Bonchev–Trinajstić information content (AvgIpc) is 3.30. The summed E-state index contributed by atoms with van der Waals surface area (Å²) in [6, 6.07) is 14.6. The number of rotatable bonds is 5. The van der Waals surface area contributed by atoms with Gasteiger partial charge in [-0.15, -0.1) is 5.10 Å². The second kappa shape index (κ2) is 7.96. The molecule has 0 bridgehead atoms. The van der Waals surface area contributed by atoms with Gasteiger partial charge in [-0.05, 0) is 54.6 Å². The molecule has 0 aliphatic rings. The van der Waals surface area contributed by atoms with Crippen LogP contribution in [0.5, 0.6) is 5.75 Å². The number of aryl methyl sites for hydroxylation is 2. The van der Waals surface area contributed by atoms with Gasteiger partial charge >= 0.3 is 0 Å². The SMILES string of the molecule is COc1ccc(NC(=O)c2c(C)nn(-c3ccccc3)c2Cl)cc1-n1nnnc1C. The van der Waals surface area contributed by atoms with E-state index in [1.807, 2.05) is 30.3 Å². The zero-order valence-electron chi connectivity index (χ0n) is 16.5. The van der Waals surface area contributed by atoms with Crippen molar-refractivity contribution >= 4 is 23.2 Å². The Balaban J connectivity index is 1.67. The quantitative estimate of drug-likeness (QED) is 0.528. The van der Waals surface area contributed by atoms with Crippen LogP contribution in [0.4, 0.5) is 5.69 Å². The Bertz CT molecular complexity index is 1220. The fourth-order valence-corrected chi connectivity index (χ4v) is 3.44. The first-order valence-electron chi connectivity index (χ1n) is 9.05. The summed E-state index contributed by atoms with van der Waals surface area (Å²) in [4.78, 5) is 13.0. The fraction of sp³-hybridized carbons (Fsp3) is 0.150. The highest BCUT2D eigenvalue weighted by Crippen LogP contribution is 2.28. The second-order valence-electron chi connectivity index (χ2n) is 6.48. The predicted octanol–water partition coefficient (Wildman–Crippen LogP) is 3.38. The van der Waals surface area contributed by atoms with Gasteiger partial charge in [0.05, 0.1) is 18.5 Å². The third-order valence-corrected chi connectivity index (χ3v) is 4.87. The van der Waals surface area contributed by atoms with Crippen LogP contribution in [-0.4, -0.2) is 43.0 Å². The third-order valence-electron chi connectivity index (χ3n) is 4.52. The number of nitrogens with zero attached hydrogens (tertiary/aromatic N) is 6. The minimum Gasteiger partial charge on any atom is -0.494 e. The molecule has 0 saturated heterocycles. The molecule has 4 aromatic rings. The van der Waals surface area contributed by atoms with E-state index in [1.54, 1.807) is 39.2 Å². The number of tetrazole rings is 1. The van der Waals surface area contributed by atoms with Crippen LogP contribution in [0.3, 0.4) is 0 Å². The summed E-state index contributed by atoms with van der Waals surface area (Å²) in [5.74, 6) is 0.776. The maximum atomic E-state index is 13.0. The maximum absolute atomic E-state index is 13.0. The Hall–Kier alpha value is -3.72. The number of ether oxygens (including phenoxy) is 1. The number of anilines is 1. The van der Waals surface area contributed by atoms with E-state index in [4.69, 9.17) is 16.3 Å². The van der Waals surface area contributed by atoms with Gasteiger partial charge in [-0.2, -0.15) is 9.78 Å². The number of aromatic nitrogens is 6. The molecule has 152 valence electrons. The first-order chi connectivity index (χ1) is 14.5. The van der Waals surface area contributed by atoms with Gasteiger partial charge in [0.1, 0.15) is 22.2 Å². The Morgan fingerprint density at radius 3 is 2.53 bits per heavy atom. The van der Waals surface area contributed by atoms with Crippen LogP contribution in [0.25, 0.3) is 11.4 Å². The zero-order valence-corrected chi connectivity index (χ0v) is 17.3. The summed E-state index contributed by atoms with van der Waals surface area (Å²) in [6.45, 7) is 3.51. The lowest BCUT2D eigenvalue weighted by atomic mass is 10.2. The number of benzene rings is 2. The van der Waals surface area contributed by atoms with Crippen molar-refractivity contribution in [2.75, 3.05) is 12.4 Å². The first kappa shape index (κ1) is 19.6. The number of carbonyl (C=O) groups is 1. The van der Waals surface area contributed by atoms with Crippen molar-refractivity contribution in [1.82, 2.24) is 30.0 Å². The lowest BCUT2D eigenvalue weighted by Crippen LogP contribution is -2.14. The second-order valence-corrected chi connectivity index (χ2v) is 6.84. The van der Waals surface area contributed by atoms with Crippen LogP contribution in [0.2, 0.25) is 5.15 Å². The van der Waals surface area contributed by atoms with Gasteiger partial charge in [-0.3, -0.25) is 4.79 Å². The standard InChI is InChI=1S/C20H18ClN7O2/c1-12-18(19(21)28(24-12)15-7-5-4-6-8-15)20(29)22-14-9-10-17(30-3)16(11-14)27-13(2)23-25-26-27/h4-11H,1-3H3,(H,22,29). The van der Waals surface area contributed by atoms with Gasteiger partial charge in [0, 0.05) is 5.69 Å². The van der Waals surface area contributed by atoms with E-state index >= 15 is 0 Å². The van der Waals surface area contributed by atoms with Crippen molar-refractivity contribution in [1.29, 1.82) is 0 Å². The van der Waals surface area contributed by atoms with Gasteiger partial charge in [0.2, 0.25) is 0 Å². The monoisotopic (exact) mass is 423 g/mol. The van der Waals surface area contributed by atoms with Gasteiger partial charge in [-0.1, -0.05) is 29.8 Å². The first-order valence-corrected chi connectivity index (χ1v) is 9.42. The third kappa shape index (κ3) is 3.50. The van der Waals surface area contributed by atoms with Gasteiger partial charge < -0.3 is 10.1 Å². The summed E-state index contributed by atoms with van der Waals surface area (Å²) < 4.78 is 8.46. The zero-order chi connectivity index (χ0) is 21.3. The lowest BCUT2D eigenvalue weighted by molar-refractivity contribution is 0.102. The van der Waals surface area contributed by atoms with Crippen molar-refractivity contribution in [2.45, 2.75) is 13.8 Å². The number of para-hydroxylation sites is 1. The molecule has 2 aromatic heterocycles. The van der Waals surface area contributed by atoms with E-state index in [0.29, 0.717) is 34.2 Å². The molecule has 0 radical (unpaired) electrons. The molecule has 1 N–H and O–H groups in total. The van der Waals surface area contributed by atoms with Gasteiger partial charge in [0.15, 0.2) is 5.82 Å². The van der Waals surface area contributed by atoms with Gasteiger partial charge in [0.25, 0.3) is 5.91 Å². The van der Waals surface area contributed by atoms with E-state index in [9.17, 15) is 4.79 Å². The highest BCUT2D eigenvalue weighted by Gasteiger charge is 2.22. The summed E-state index contributed by atoms with van der Waals surface area (Å²) >= 11 is 6.50.